The SMILES string of the molecule is CCNC(=NCc1nccn1CC(F)(F)F)N1CCSC(C)(C)C1.I. The molecule has 2 heterocycles. The Morgan fingerprint density at radius 1 is 1.44 bits per heavy atom. The lowest BCUT2D eigenvalue weighted by atomic mass is 10.2. The summed E-state index contributed by atoms with van der Waals surface area (Å²) >= 11 is 1.92. The van der Waals surface area contributed by atoms with Crippen LogP contribution in [0.1, 0.15) is 26.6 Å². The Bertz CT molecular complexity index is 574. The van der Waals surface area contributed by atoms with E-state index in [0.717, 1.165) is 29.4 Å². The molecule has 5 nitrogen and oxygen atoms in total. The van der Waals surface area contributed by atoms with Crippen molar-refractivity contribution in [1.82, 2.24) is 19.8 Å². The highest BCUT2D eigenvalue weighted by atomic mass is 127. The molecular weight excluding hydrogens is 466 g/mol. The molecule has 0 spiro atoms. The molecule has 0 radical (unpaired) electrons. The molecule has 1 aliphatic rings. The number of aromatic nitrogens is 2. The maximum Gasteiger partial charge on any atom is 0.406 e. The molecule has 10 heteroatoms. The van der Waals surface area contributed by atoms with Crippen molar-refractivity contribution in [3.63, 3.8) is 0 Å². The number of aliphatic imine (C=N–C) groups is 1. The number of rotatable bonds is 4. The predicted octanol–water partition coefficient (Wildman–Crippen LogP) is 3.36. The second kappa shape index (κ2) is 9.33. The second-order valence-corrected chi connectivity index (χ2v) is 8.09. The minimum absolute atomic E-state index is 0. The van der Waals surface area contributed by atoms with Gasteiger partial charge in [0.15, 0.2) is 5.96 Å². The molecule has 1 saturated heterocycles. The average Bonchev–Trinajstić information content (AvgIpc) is 2.87. The van der Waals surface area contributed by atoms with Crippen molar-refractivity contribution in [2.45, 2.75) is 44.8 Å². The van der Waals surface area contributed by atoms with Gasteiger partial charge in [-0.05, 0) is 20.8 Å². The molecule has 1 aromatic rings. The quantitative estimate of drug-likeness (QED) is 0.399. The molecule has 0 atom stereocenters. The van der Waals surface area contributed by atoms with Crippen molar-refractivity contribution >= 4 is 41.7 Å². The molecule has 1 fully saturated rings. The van der Waals surface area contributed by atoms with Crippen LogP contribution in [0.2, 0.25) is 0 Å². The molecular formula is C15H25F3IN5S. The summed E-state index contributed by atoms with van der Waals surface area (Å²) in [6.07, 6.45) is -1.55. The smallest absolute Gasteiger partial charge is 0.357 e. The number of thioether (sulfide) groups is 1. The van der Waals surface area contributed by atoms with E-state index in [1.54, 1.807) is 0 Å². The standard InChI is InChI=1S/C15H24F3N5S.HI/c1-4-19-13(23-7-8-24-14(2,3)10-23)21-9-12-20-5-6-22(12)11-15(16,17)18;/h5-6H,4,7-11H2,1-3H3,(H,19,21);1H. The largest absolute Gasteiger partial charge is 0.406 e. The maximum atomic E-state index is 12.6. The molecule has 1 aromatic heterocycles. The van der Waals surface area contributed by atoms with E-state index in [-0.39, 0.29) is 35.3 Å². The predicted molar refractivity (Wildman–Crippen MR) is 107 cm³/mol. The monoisotopic (exact) mass is 491 g/mol. The molecule has 0 saturated carbocycles. The summed E-state index contributed by atoms with van der Waals surface area (Å²) in [6.45, 7) is 7.85. The van der Waals surface area contributed by atoms with Crippen molar-refractivity contribution in [3.8, 4) is 0 Å². The van der Waals surface area contributed by atoms with Gasteiger partial charge in [0.25, 0.3) is 0 Å². The van der Waals surface area contributed by atoms with Crippen LogP contribution >= 0.6 is 35.7 Å². The normalized spacial score (nSPS) is 18.0. The zero-order valence-electron chi connectivity index (χ0n) is 14.6. The lowest BCUT2D eigenvalue weighted by Gasteiger charge is -2.39. The lowest BCUT2D eigenvalue weighted by molar-refractivity contribution is -0.141. The molecule has 1 aliphatic heterocycles. The van der Waals surface area contributed by atoms with Crippen LogP contribution < -0.4 is 5.32 Å². The van der Waals surface area contributed by atoms with E-state index in [1.165, 1.54) is 12.4 Å². The minimum Gasteiger partial charge on any atom is -0.357 e. The summed E-state index contributed by atoms with van der Waals surface area (Å²) in [5.74, 6) is 2.04. The Morgan fingerprint density at radius 2 is 2.16 bits per heavy atom. The first-order chi connectivity index (χ1) is 11.2. The first-order valence-electron chi connectivity index (χ1n) is 7.94. The highest BCUT2D eigenvalue weighted by Gasteiger charge is 2.30. The molecule has 1 N–H and O–H groups in total. The summed E-state index contributed by atoms with van der Waals surface area (Å²) < 4.78 is 39.0. The van der Waals surface area contributed by atoms with Gasteiger partial charge in [-0.15, -0.1) is 24.0 Å². The Hall–Kier alpha value is -0.650. The van der Waals surface area contributed by atoms with Crippen LogP contribution in [0, 0.1) is 0 Å². The summed E-state index contributed by atoms with van der Waals surface area (Å²) in [5, 5.41) is 3.23. The van der Waals surface area contributed by atoms with Crippen LogP contribution in [-0.4, -0.2) is 56.7 Å². The highest BCUT2D eigenvalue weighted by molar-refractivity contribution is 14.0. The Labute approximate surface area is 167 Å². The van der Waals surface area contributed by atoms with Gasteiger partial charge in [-0.25, -0.2) is 9.98 Å². The van der Waals surface area contributed by atoms with Crippen LogP contribution in [0.15, 0.2) is 17.4 Å². The summed E-state index contributed by atoms with van der Waals surface area (Å²) in [4.78, 5) is 10.7. The van der Waals surface area contributed by atoms with E-state index in [4.69, 9.17) is 0 Å². The fourth-order valence-corrected chi connectivity index (χ4v) is 3.71. The molecule has 144 valence electrons. The fraction of sp³-hybridized carbons (Fsp3) is 0.733. The molecule has 2 rings (SSSR count). The Kier molecular flexibility index (Phi) is 8.36. The molecule has 25 heavy (non-hydrogen) atoms. The van der Waals surface area contributed by atoms with Crippen LogP contribution in [-0.2, 0) is 13.1 Å². The van der Waals surface area contributed by atoms with E-state index in [9.17, 15) is 13.2 Å². The van der Waals surface area contributed by atoms with E-state index in [2.05, 4.69) is 34.0 Å². The molecule has 0 unspecified atom stereocenters. The van der Waals surface area contributed by atoms with Crippen molar-refractivity contribution < 1.29 is 13.2 Å². The number of alkyl halides is 3. The molecule has 0 aromatic carbocycles. The van der Waals surface area contributed by atoms with Crippen LogP contribution in [0.4, 0.5) is 13.2 Å². The number of hydrogen-bond donors (Lipinski definition) is 1. The van der Waals surface area contributed by atoms with Gasteiger partial charge in [0, 0.05) is 42.5 Å². The number of imidazole rings is 1. The lowest BCUT2D eigenvalue weighted by Crippen LogP contribution is -2.51. The summed E-state index contributed by atoms with van der Waals surface area (Å²) in [7, 11) is 0. The highest BCUT2D eigenvalue weighted by Crippen LogP contribution is 2.29. The van der Waals surface area contributed by atoms with Gasteiger partial charge in [-0.3, -0.25) is 0 Å². The van der Waals surface area contributed by atoms with Gasteiger partial charge in [0.2, 0.25) is 0 Å². The number of halogens is 4. The first-order valence-corrected chi connectivity index (χ1v) is 8.93. The van der Waals surface area contributed by atoms with Crippen LogP contribution in [0.3, 0.4) is 0 Å². The topological polar surface area (TPSA) is 45.5 Å². The van der Waals surface area contributed by atoms with Gasteiger partial charge < -0.3 is 14.8 Å². The number of nitrogens with one attached hydrogen (secondary N) is 1. The number of hydrogen-bond acceptors (Lipinski definition) is 3. The van der Waals surface area contributed by atoms with E-state index >= 15 is 0 Å². The molecule has 0 amide bonds. The zero-order valence-corrected chi connectivity index (χ0v) is 17.8. The van der Waals surface area contributed by atoms with E-state index < -0.39 is 12.7 Å². The van der Waals surface area contributed by atoms with Crippen molar-refractivity contribution in [1.29, 1.82) is 0 Å². The summed E-state index contributed by atoms with van der Waals surface area (Å²) in [6, 6.07) is 0. The molecule has 0 bridgehead atoms. The average molecular weight is 491 g/mol. The van der Waals surface area contributed by atoms with Gasteiger partial charge in [0.05, 0.1) is 0 Å². The second-order valence-electron chi connectivity index (χ2n) is 6.29. The minimum atomic E-state index is -4.27. The first kappa shape index (κ1) is 22.4. The Balaban J connectivity index is 0.00000312. The van der Waals surface area contributed by atoms with Gasteiger partial charge in [0.1, 0.15) is 18.9 Å². The molecule has 0 aliphatic carbocycles. The van der Waals surface area contributed by atoms with Crippen LogP contribution in [0.25, 0.3) is 0 Å². The maximum absolute atomic E-state index is 12.6. The fourth-order valence-electron chi connectivity index (χ4n) is 2.60. The third kappa shape index (κ3) is 7.24. The Morgan fingerprint density at radius 3 is 2.76 bits per heavy atom. The third-order valence-corrected chi connectivity index (χ3v) is 4.88. The summed E-state index contributed by atoms with van der Waals surface area (Å²) in [5.41, 5.74) is 0. The van der Waals surface area contributed by atoms with Crippen LogP contribution in [0.5, 0.6) is 0 Å². The van der Waals surface area contributed by atoms with Gasteiger partial charge >= 0.3 is 6.18 Å². The van der Waals surface area contributed by atoms with Crippen molar-refractivity contribution in [2.24, 2.45) is 4.99 Å². The zero-order chi connectivity index (χ0) is 17.8. The van der Waals surface area contributed by atoms with E-state index in [1.807, 2.05) is 18.7 Å². The van der Waals surface area contributed by atoms with Gasteiger partial charge in [-0.1, -0.05) is 0 Å². The van der Waals surface area contributed by atoms with Crippen molar-refractivity contribution in [3.05, 3.63) is 18.2 Å². The number of nitrogens with zero attached hydrogens (tertiary/aromatic N) is 4. The van der Waals surface area contributed by atoms with Gasteiger partial charge in [-0.2, -0.15) is 24.9 Å². The van der Waals surface area contributed by atoms with E-state index in [0.29, 0.717) is 12.4 Å². The van der Waals surface area contributed by atoms with Crippen molar-refractivity contribution in [2.75, 3.05) is 25.4 Å². The number of guanidine groups is 1. The third-order valence-electron chi connectivity index (χ3n) is 3.58.